The Labute approximate surface area is 268 Å². The predicted octanol–water partition coefficient (Wildman–Crippen LogP) is 5.68. The van der Waals surface area contributed by atoms with E-state index >= 15 is 0 Å². The number of benzene rings is 3. The molecule has 0 saturated heterocycles. The summed E-state index contributed by atoms with van der Waals surface area (Å²) >= 11 is 0. The minimum absolute atomic E-state index is 0.180. The zero-order valence-corrected chi connectivity index (χ0v) is 26.8. The number of fused-ring (bicyclic) bond motifs is 1. The van der Waals surface area contributed by atoms with Crippen LogP contribution in [0.4, 0.5) is 8.78 Å². The molecule has 46 heavy (non-hydrogen) atoms. The average molecular weight is 653 g/mol. The van der Waals surface area contributed by atoms with Crippen molar-refractivity contribution in [3.05, 3.63) is 113 Å². The minimum Gasteiger partial charge on any atom is -0.496 e. The van der Waals surface area contributed by atoms with Crippen LogP contribution in [0.2, 0.25) is 0 Å². The molecule has 3 aromatic carbocycles. The highest BCUT2D eigenvalue weighted by Gasteiger charge is 2.30. The van der Waals surface area contributed by atoms with E-state index in [1.54, 1.807) is 18.9 Å². The van der Waals surface area contributed by atoms with Gasteiger partial charge in [0.15, 0.2) is 4.90 Å². The normalized spacial score (nSPS) is 14.5. The van der Waals surface area contributed by atoms with Crippen molar-refractivity contribution < 1.29 is 36.6 Å². The van der Waals surface area contributed by atoms with Crippen molar-refractivity contribution in [1.82, 2.24) is 9.29 Å². The molecule has 1 amide bonds. The van der Waals surface area contributed by atoms with Gasteiger partial charge in [-0.1, -0.05) is 30.3 Å². The molecule has 11 heteroatoms. The molecule has 0 radical (unpaired) electrons. The summed E-state index contributed by atoms with van der Waals surface area (Å²) in [6, 6.07) is 16.6. The number of aliphatic hydroxyl groups is 1. The summed E-state index contributed by atoms with van der Waals surface area (Å²) in [6.45, 7) is 2.38. The lowest BCUT2D eigenvalue weighted by molar-refractivity contribution is -0.119. The first kappa shape index (κ1) is 33.2. The number of aliphatic hydroxyl groups excluding tert-OH is 1. The van der Waals surface area contributed by atoms with Crippen LogP contribution in [-0.2, 0) is 40.6 Å². The van der Waals surface area contributed by atoms with Crippen molar-refractivity contribution >= 4 is 15.9 Å². The van der Waals surface area contributed by atoms with Gasteiger partial charge in [0.2, 0.25) is 5.91 Å². The minimum atomic E-state index is -4.72. The second kappa shape index (κ2) is 14.0. The fourth-order valence-corrected chi connectivity index (χ4v) is 7.52. The van der Waals surface area contributed by atoms with E-state index in [4.69, 9.17) is 9.47 Å². The van der Waals surface area contributed by atoms with Gasteiger partial charge in [0, 0.05) is 36.8 Å². The molecule has 0 saturated carbocycles. The second-order valence-electron chi connectivity index (χ2n) is 11.8. The summed E-state index contributed by atoms with van der Waals surface area (Å²) in [5.41, 5.74) is 4.97. The average Bonchev–Trinajstić information content (AvgIpc) is 3.65. The van der Waals surface area contributed by atoms with Crippen LogP contribution in [0.15, 0.2) is 78.0 Å². The van der Waals surface area contributed by atoms with Gasteiger partial charge in [-0.3, -0.25) is 4.79 Å². The standard InChI is InChI=1S/C35H38F2N2O6S/c1-22-31(44-2)18-27(19-32(22)45-3)34(41)28(17-24-15-25-7-4-5-8-26(25)16-24)21-39-14-13-23(20-39)11-12-33(40)38-46(42,43)35-29(36)9-6-10-30(35)37/h4-10,13-14,18-20,24,28,34,41H,11-12,15-17,21H2,1-3H3,(H,38,40)/t28-,34-/m1/s1. The number of amides is 1. The number of nitrogens with one attached hydrogen (secondary N) is 1. The molecule has 2 atom stereocenters. The number of sulfonamides is 1. The number of carbonyl (C=O) groups is 1. The fraction of sp³-hybridized carbons (Fsp3) is 0.343. The van der Waals surface area contributed by atoms with Crippen LogP contribution in [0.5, 0.6) is 11.5 Å². The Morgan fingerprint density at radius 1 is 1.00 bits per heavy atom. The van der Waals surface area contributed by atoms with Crippen molar-refractivity contribution in [2.45, 2.75) is 56.6 Å². The second-order valence-corrected chi connectivity index (χ2v) is 13.4. The summed E-state index contributed by atoms with van der Waals surface area (Å²) in [5.74, 6) is -2.02. The van der Waals surface area contributed by atoms with Gasteiger partial charge < -0.3 is 19.1 Å². The highest BCUT2D eigenvalue weighted by Crippen LogP contribution is 2.39. The molecule has 244 valence electrons. The van der Waals surface area contributed by atoms with Gasteiger partial charge in [0.1, 0.15) is 23.1 Å². The van der Waals surface area contributed by atoms with Gasteiger partial charge >= 0.3 is 0 Å². The van der Waals surface area contributed by atoms with Crippen LogP contribution >= 0.6 is 0 Å². The number of aromatic nitrogens is 1. The van der Waals surface area contributed by atoms with Gasteiger partial charge in [0.05, 0.1) is 20.3 Å². The zero-order chi connectivity index (χ0) is 33.0. The number of halogens is 2. The van der Waals surface area contributed by atoms with Gasteiger partial charge in [-0.05, 0) is 91.1 Å². The molecule has 1 aliphatic rings. The van der Waals surface area contributed by atoms with E-state index in [0.717, 1.165) is 48.6 Å². The third-order valence-corrected chi connectivity index (χ3v) is 10.1. The van der Waals surface area contributed by atoms with Crippen molar-refractivity contribution in [3.63, 3.8) is 0 Å². The molecule has 1 heterocycles. The van der Waals surface area contributed by atoms with Crippen LogP contribution in [-0.4, -0.2) is 38.2 Å². The molecule has 0 unspecified atom stereocenters. The third-order valence-electron chi connectivity index (χ3n) is 8.67. The van der Waals surface area contributed by atoms with E-state index in [1.165, 1.54) is 11.1 Å². The summed E-state index contributed by atoms with van der Waals surface area (Å²) in [6.07, 6.45) is 5.51. The van der Waals surface area contributed by atoms with E-state index in [0.29, 0.717) is 29.5 Å². The SMILES string of the molecule is COc1cc([C@@H](O)[C@H](CC2Cc3ccccc3C2)Cn2ccc(CCC(=O)NS(=O)(=O)c3c(F)cccc3F)c2)cc(OC)c1C. The number of nitrogens with zero attached hydrogens (tertiary/aromatic N) is 1. The van der Waals surface area contributed by atoms with Crippen molar-refractivity contribution in [2.75, 3.05) is 14.2 Å². The molecule has 0 bridgehead atoms. The van der Waals surface area contributed by atoms with E-state index in [2.05, 4.69) is 12.1 Å². The first-order valence-electron chi connectivity index (χ1n) is 15.1. The maximum absolute atomic E-state index is 14.0. The monoisotopic (exact) mass is 652 g/mol. The quantitative estimate of drug-likeness (QED) is 0.192. The number of hydrogen-bond donors (Lipinski definition) is 2. The lowest BCUT2D eigenvalue weighted by Gasteiger charge is -2.27. The first-order valence-corrected chi connectivity index (χ1v) is 16.6. The maximum Gasteiger partial charge on any atom is 0.269 e. The van der Waals surface area contributed by atoms with Crippen molar-refractivity contribution in [2.24, 2.45) is 11.8 Å². The molecule has 1 aromatic heterocycles. The predicted molar refractivity (Wildman–Crippen MR) is 169 cm³/mol. The van der Waals surface area contributed by atoms with Crippen LogP contribution in [0.25, 0.3) is 0 Å². The first-order chi connectivity index (χ1) is 22.0. The lowest BCUT2D eigenvalue weighted by atomic mass is 9.85. The Kier molecular flexibility index (Phi) is 10.1. The molecule has 1 aliphatic carbocycles. The molecular formula is C35H38F2N2O6S. The molecule has 2 N–H and O–H groups in total. The van der Waals surface area contributed by atoms with Crippen LogP contribution < -0.4 is 14.2 Å². The van der Waals surface area contributed by atoms with Gasteiger partial charge in [-0.25, -0.2) is 21.9 Å². The number of methoxy groups -OCH3 is 2. The Balaban J connectivity index is 1.29. The molecule has 5 rings (SSSR count). The van der Waals surface area contributed by atoms with E-state index in [9.17, 15) is 27.1 Å². The van der Waals surface area contributed by atoms with Gasteiger partial charge in [-0.2, -0.15) is 0 Å². The Morgan fingerprint density at radius 3 is 2.20 bits per heavy atom. The van der Waals surface area contributed by atoms with Crippen LogP contribution in [0.1, 0.15) is 46.8 Å². The van der Waals surface area contributed by atoms with Crippen molar-refractivity contribution in [3.8, 4) is 11.5 Å². The van der Waals surface area contributed by atoms with E-state index in [1.807, 2.05) is 54.2 Å². The molecular weight excluding hydrogens is 614 g/mol. The molecule has 0 spiro atoms. The smallest absolute Gasteiger partial charge is 0.269 e. The van der Waals surface area contributed by atoms with E-state index in [-0.39, 0.29) is 18.8 Å². The topological polar surface area (TPSA) is 107 Å². The van der Waals surface area contributed by atoms with Crippen molar-refractivity contribution in [1.29, 1.82) is 0 Å². The van der Waals surface area contributed by atoms with Gasteiger partial charge in [0.25, 0.3) is 10.0 Å². The number of ether oxygens (including phenoxy) is 2. The summed E-state index contributed by atoms with van der Waals surface area (Å²) in [5, 5.41) is 11.8. The van der Waals surface area contributed by atoms with Gasteiger partial charge in [-0.15, -0.1) is 0 Å². The summed E-state index contributed by atoms with van der Waals surface area (Å²) in [4.78, 5) is 11.3. The largest absolute Gasteiger partial charge is 0.496 e. The third kappa shape index (κ3) is 7.42. The Hall–Kier alpha value is -4.22. The molecule has 0 aliphatic heterocycles. The zero-order valence-electron chi connectivity index (χ0n) is 26.0. The maximum atomic E-state index is 14.0. The highest BCUT2D eigenvalue weighted by atomic mass is 32.2. The number of aryl methyl sites for hydroxylation is 1. The van der Waals surface area contributed by atoms with Crippen LogP contribution in [0, 0.1) is 30.4 Å². The fourth-order valence-electron chi connectivity index (χ4n) is 6.37. The lowest BCUT2D eigenvalue weighted by Crippen LogP contribution is -2.32. The number of rotatable bonds is 13. The number of hydrogen-bond acceptors (Lipinski definition) is 6. The molecule has 0 fully saturated rings. The van der Waals surface area contributed by atoms with E-state index < -0.39 is 38.6 Å². The molecule has 4 aromatic rings. The Bertz CT molecular complexity index is 1750. The molecule has 8 nitrogen and oxygen atoms in total. The number of carbonyl (C=O) groups excluding carboxylic acids is 1. The highest BCUT2D eigenvalue weighted by molar-refractivity contribution is 7.90. The van der Waals surface area contributed by atoms with Crippen LogP contribution in [0.3, 0.4) is 0 Å². The summed E-state index contributed by atoms with van der Waals surface area (Å²) < 4.78 is 67.8. The summed E-state index contributed by atoms with van der Waals surface area (Å²) in [7, 11) is -1.55. The Morgan fingerprint density at radius 2 is 1.61 bits per heavy atom.